The Bertz CT molecular complexity index is 1200. The van der Waals surface area contributed by atoms with E-state index in [2.05, 4.69) is 15.9 Å². The second-order valence-electron chi connectivity index (χ2n) is 6.40. The van der Waals surface area contributed by atoms with Gasteiger partial charge in [0.25, 0.3) is 5.69 Å². The normalized spacial score (nSPS) is 11.0. The van der Waals surface area contributed by atoms with Crippen molar-refractivity contribution in [2.45, 2.75) is 6.61 Å². The molecule has 156 valence electrons. The molecule has 0 spiro atoms. The summed E-state index contributed by atoms with van der Waals surface area (Å²) in [5.41, 5.74) is 1.57. The first kappa shape index (κ1) is 22.0. The van der Waals surface area contributed by atoms with Crippen molar-refractivity contribution in [3.05, 3.63) is 97.8 Å². The number of nitriles is 1. The molecule has 0 aliphatic heterocycles. The molecule has 0 fully saturated rings. The van der Waals surface area contributed by atoms with Gasteiger partial charge in [-0.1, -0.05) is 30.3 Å². The molecule has 8 heteroatoms. The van der Waals surface area contributed by atoms with Gasteiger partial charge >= 0.3 is 0 Å². The van der Waals surface area contributed by atoms with Crippen molar-refractivity contribution in [3.8, 4) is 17.6 Å². The minimum absolute atomic E-state index is 0.0233. The number of non-ortho nitro benzene ring substituents is 1. The Labute approximate surface area is 186 Å². The molecule has 0 saturated carbocycles. The van der Waals surface area contributed by atoms with E-state index in [1.165, 1.54) is 31.4 Å². The number of methoxy groups -OCH3 is 1. The van der Waals surface area contributed by atoms with E-state index >= 15 is 0 Å². The number of hydrogen-bond acceptors (Lipinski definition) is 5. The third-order valence-electron chi connectivity index (χ3n) is 4.35. The molecule has 0 aromatic heterocycles. The predicted molar refractivity (Wildman–Crippen MR) is 118 cm³/mol. The average molecular weight is 483 g/mol. The summed E-state index contributed by atoms with van der Waals surface area (Å²) >= 11 is 3.43. The highest BCUT2D eigenvalue weighted by Gasteiger charge is 2.14. The van der Waals surface area contributed by atoms with Gasteiger partial charge in [0.15, 0.2) is 11.5 Å². The smallest absolute Gasteiger partial charge is 0.269 e. The van der Waals surface area contributed by atoms with Crippen molar-refractivity contribution in [2.75, 3.05) is 7.11 Å². The SMILES string of the molecule is COc1cc(C=C(C#N)c2ccccc2F)cc(Br)c1OCc1cccc([N+](=O)[O-])c1. The Hall–Kier alpha value is -3.70. The lowest BCUT2D eigenvalue weighted by Crippen LogP contribution is -2.00. The van der Waals surface area contributed by atoms with Crippen LogP contribution < -0.4 is 9.47 Å². The number of nitrogens with zero attached hydrogens (tertiary/aromatic N) is 2. The summed E-state index contributed by atoms with van der Waals surface area (Å²) in [4.78, 5) is 10.5. The molecular formula is C23H16BrFN2O4. The molecule has 0 heterocycles. The summed E-state index contributed by atoms with van der Waals surface area (Å²) in [6.45, 7) is 0.0878. The summed E-state index contributed by atoms with van der Waals surface area (Å²) in [5, 5.41) is 20.4. The van der Waals surface area contributed by atoms with Crippen LogP contribution in [0.1, 0.15) is 16.7 Å². The molecule has 0 unspecified atom stereocenters. The van der Waals surface area contributed by atoms with Gasteiger partial charge in [0.1, 0.15) is 12.4 Å². The van der Waals surface area contributed by atoms with E-state index in [-0.39, 0.29) is 23.4 Å². The number of ether oxygens (including phenoxy) is 2. The maximum Gasteiger partial charge on any atom is 0.269 e. The molecule has 0 N–H and O–H groups in total. The molecule has 31 heavy (non-hydrogen) atoms. The van der Waals surface area contributed by atoms with Crippen LogP contribution in [-0.2, 0) is 6.61 Å². The molecule has 0 radical (unpaired) electrons. The van der Waals surface area contributed by atoms with Crippen molar-refractivity contribution < 1.29 is 18.8 Å². The first-order valence-corrected chi connectivity index (χ1v) is 9.82. The van der Waals surface area contributed by atoms with E-state index in [1.54, 1.807) is 42.5 Å². The molecule has 3 rings (SSSR count). The van der Waals surface area contributed by atoms with Gasteiger partial charge in [-0.25, -0.2) is 4.39 Å². The molecule has 3 aromatic carbocycles. The zero-order chi connectivity index (χ0) is 22.4. The van der Waals surface area contributed by atoms with Crippen LogP contribution in [0.15, 0.2) is 65.1 Å². The number of rotatable bonds is 7. The van der Waals surface area contributed by atoms with Crippen molar-refractivity contribution in [1.29, 1.82) is 5.26 Å². The van der Waals surface area contributed by atoms with E-state index in [4.69, 9.17) is 9.47 Å². The number of halogens is 2. The van der Waals surface area contributed by atoms with E-state index in [9.17, 15) is 19.8 Å². The van der Waals surface area contributed by atoms with Crippen molar-refractivity contribution in [3.63, 3.8) is 0 Å². The average Bonchev–Trinajstić information content (AvgIpc) is 2.77. The highest BCUT2D eigenvalue weighted by atomic mass is 79.9. The largest absolute Gasteiger partial charge is 0.493 e. The molecule has 0 atom stereocenters. The molecule has 0 bridgehead atoms. The summed E-state index contributed by atoms with van der Waals surface area (Å²) < 4.78 is 25.9. The molecule has 0 saturated heterocycles. The summed E-state index contributed by atoms with van der Waals surface area (Å²) in [7, 11) is 1.47. The highest BCUT2D eigenvalue weighted by molar-refractivity contribution is 9.10. The van der Waals surface area contributed by atoms with Crippen LogP contribution in [0.5, 0.6) is 11.5 Å². The van der Waals surface area contributed by atoms with Gasteiger partial charge in [-0.2, -0.15) is 5.26 Å². The molecule has 0 aliphatic rings. The first-order valence-electron chi connectivity index (χ1n) is 9.03. The molecule has 6 nitrogen and oxygen atoms in total. The molecule has 3 aromatic rings. The van der Waals surface area contributed by atoms with Crippen LogP contribution in [0.25, 0.3) is 11.6 Å². The predicted octanol–water partition coefficient (Wildman–Crippen LogP) is 6.15. The number of benzene rings is 3. The van der Waals surface area contributed by atoms with Crippen molar-refractivity contribution in [1.82, 2.24) is 0 Å². The third-order valence-corrected chi connectivity index (χ3v) is 4.94. The van der Waals surface area contributed by atoms with Gasteiger partial charge < -0.3 is 9.47 Å². The standard InChI is InChI=1S/C23H16BrFN2O4/c1-30-22-12-16(9-17(13-26)19-7-2-3-8-21(19)25)11-20(24)23(22)31-14-15-5-4-6-18(10-15)27(28)29/h2-12H,14H2,1H3. The lowest BCUT2D eigenvalue weighted by Gasteiger charge is -2.14. The Kier molecular flexibility index (Phi) is 7.00. The number of hydrogen-bond donors (Lipinski definition) is 0. The monoisotopic (exact) mass is 482 g/mol. The summed E-state index contributed by atoms with van der Waals surface area (Å²) in [5.74, 6) is 0.297. The molecule has 0 amide bonds. The van der Waals surface area contributed by atoms with Crippen LogP contribution in [0.4, 0.5) is 10.1 Å². The van der Waals surface area contributed by atoms with Crippen LogP contribution in [0, 0.1) is 27.3 Å². The fourth-order valence-electron chi connectivity index (χ4n) is 2.90. The zero-order valence-electron chi connectivity index (χ0n) is 16.3. The van der Waals surface area contributed by atoms with Crippen molar-refractivity contribution >= 4 is 33.3 Å². The third kappa shape index (κ3) is 5.27. The Morgan fingerprint density at radius 2 is 2.00 bits per heavy atom. The van der Waals surface area contributed by atoms with E-state index in [0.717, 1.165) is 0 Å². The van der Waals surface area contributed by atoms with Gasteiger partial charge in [0, 0.05) is 17.7 Å². The highest BCUT2D eigenvalue weighted by Crippen LogP contribution is 2.38. The minimum Gasteiger partial charge on any atom is -0.493 e. The van der Waals surface area contributed by atoms with E-state index < -0.39 is 10.7 Å². The van der Waals surface area contributed by atoms with Gasteiger partial charge in [0.05, 0.1) is 28.1 Å². The lowest BCUT2D eigenvalue weighted by atomic mass is 10.0. The lowest BCUT2D eigenvalue weighted by molar-refractivity contribution is -0.384. The fraction of sp³-hybridized carbons (Fsp3) is 0.0870. The van der Waals surface area contributed by atoms with Crippen LogP contribution in [0.3, 0.4) is 0 Å². The Morgan fingerprint density at radius 1 is 1.23 bits per heavy atom. The van der Waals surface area contributed by atoms with Crippen LogP contribution in [-0.4, -0.2) is 12.0 Å². The number of nitro groups is 1. The summed E-state index contributed by atoms with van der Waals surface area (Å²) in [6.07, 6.45) is 1.55. The van der Waals surface area contributed by atoms with Gasteiger partial charge in [0.2, 0.25) is 0 Å². The second kappa shape index (κ2) is 9.87. The van der Waals surface area contributed by atoms with Gasteiger partial charge in [-0.05, 0) is 51.3 Å². The maximum absolute atomic E-state index is 14.1. The first-order chi connectivity index (χ1) is 14.9. The Balaban J connectivity index is 1.90. The van der Waals surface area contributed by atoms with Gasteiger partial charge in [-0.3, -0.25) is 10.1 Å². The zero-order valence-corrected chi connectivity index (χ0v) is 17.9. The van der Waals surface area contributed by atoms with Crippen molar-refractivity contribution in [2.24, 2.45) is 0 Å². The minimum atomic E-state index is -0.488. The molecular weight excluding hydrogens is 467 g/mol. The molecule has 0 aliphatic carbocycles. The number of allylic oxidation sites excluding steroid dienone is 1. The van der Waals surface area contributed by atoms with Gasteiger partial charge in [-0.15, -0.1) is 0 Å². The fourth-order valence-corrected chi connectivity index (χ4v) is 3.47. The van der Waals surface area contributed by atoms with E-state index in [1.807, 2.05) is 6.07 Å². The summed E-state index contributed by atoms with van der Waals surface area (Å²) in [6, 6.07) is 17.6. The Morgan fingerprint density at radius 3 is 2.68 bits per heavy atom. The van der Waals surface area contributed by atoms with E-state index in [0.29, 0.717) is 27.1 Å². The van der Waals surface area contributed by atoms with Crippen LogP contribution >= 0.6 is 15.9 Å². The maximum atomic E-state index is 14.1. The quantitative estimate of drug-likeness (QED) is 0.174. The number of nitro benzene ring substituents is 1. The topological polar surface area (TPSA) is 85.4 Å². The van der Waals surface area contributed by atoms with Crippen LogP contribution in [0.2, 0.25) is 0 Å². The second-order valence-corrected chi connectivity index (χ2v) is 7.25.